The largest absolute Gasteiger partial charge is 0.380 e. The smallest absolute Gasteiger partial charge is 0.0572 e. The molecular weight excluding hydrogens is 152 g/mol. The molecule has 0 saturated carbocycles. The summed E-state index contributed by atoms with van der Waals surface area (Å²) in [6, 6.07) is 0.566. The highest BCUT2D eigenvalue weighted by Crippen LogP contribution is 2.34. The Morgan fingerprint density at radius 3 is 2.17 bits per heavy atom. The Labute approximate surface area is 74.9 Å². The molecule has 0 aliphatic carbocycles. The predicted octanol–water partition coefficient (Wildman–Crippen LogP) is 0.302. The fraction of sp³-hybridized carbons (Fsp3) is 1.00. The van der Waals surface area contributed by atoms with E-state index in [0.717, 1.165) is 26.2 Å². The van der Waals surface area contributed by atoms with Gasteiger partial charge in [0.2, 0.25) is 0 Å². The molecule has 1 unspecified atom stereocenters. The van der Waals surface area contributed by atoms with Gasteiger partial charge in [-0.05, 0) is 20.5 Å². The van der Waals surface area contributed by atoms with E-state index in [2.05, 4.69) is 25.9 Å². The number of nitrogens with two attached hydrogens (primary N) is 1. The lowest BCUT2D eigenvalue weighted by molar-refractivity contribution is -0.143. The Hall–Kier alpha value is -0.120. The second-order valence-corrected chi connectivity index (χ2v) is 3.95. The van der Waals surface area contributed by atoms with Crippen molar-refractivity contribution >= 4 is 0 Å². The number of rotatable bonds is 4. The van der Waals surface area contributed by atoms with E-state index in [9.17, 15) is 0 Å². The van der Waals surface area contributed by atoms with E-state index in [1.165, 1.54) is 0 Å². The van der Waals surface area contributed by atoms with Crippen LogP contribution in [0.25, 0.3) is 0 Å². The monoisotopic (exact) mass is 172 g/mol. The van der Waals surface area contributed by atoms with Crippen LogP contribution in [-0.2, 0) is 4.74 Å². The number of ether oxygens (including phenoxy) is 1. The maximum atomic E-state index is 5.78. The van der Waals surface area contributed by atoms with E-state index >= 15 is 0 Å². The van der Waals surface area contributed by atoms with Gasteiger partial charge in [0.25, 0.3) is 0 Å². The Morgan fingerprint density at radius 1 is 1.50 bits per heavy atom. The Morgan fingerprint density at radius 2 is 2.08 bits per heavy atom. The molecule has 0 spiro atoms. The normalized spacial score (nSPS) is 23.8. The molecule has 0 bridgehead atoms. The Kier molecular flexibility index (Phi) is 3.09. The zero-order chi connectivity index (χ0) is 9.19. The third-order valence-electron chi connectivity index (χ3n) is 2.90. The average molecular weight is 172 g/mol. The molecule has 12 heavy (non-hydrogen) atoms. The summed E-state index contributed by atoms with van der Waals surface area (Å²) in [6.07, 6.45) is 1.15. The fourth-order valence-electron chi connectivity index (χ4n) is 2.16. The first-order chi connectivity index (χ1) is 5.66. The van der Waals surface area contributed by atoms with Crippen molar-refractivity contribution in [2.24, 2.45) is 11.1 Å². The van der Waals surface area contributed by atoms with Crippen LogP contribution < -0.4 is 5.73 Å². The molecule has 1 fully saturated rings. The van der Waals surface area contributed by atoms with E-state index in [0.29, 0.717) is 6.04 Å². The van der Waals surface area contributed by atoms with Crippen molar-refractivity contribution in [1.82, 2.24) is 4.90 Å². The minimum atomic E-state index is 0.234. The van der Waals surface area contributed by atoms with Gasteiger partial charge in [-0.1, -0.05) is 6.92 Å². The van der Waals surface area contributed by atoms with Gasteiger partial charge >= 0.3 is 0 Å². The summed E-state index contributed by atoms with van der Waals surface area (Å²) in [5.41, 5.74) is 6.01. The van der Waals surface area contributed by atoms with Crippen LogP contribution in [0.3, 0.4) is 0 Å². The first kappa shape index (κ1) is 9.96. The summed E-state index contributed by atoms with van der Waals surface area (Å²) in [5.74, 6) is 0. The van der Waals surface area contributed by atoms with Gasteiger partial charge in [-0.25, -0.2) is 0 Å². The van der Waals surface area contributed by atoms with Crippen LogP contribution in [0, 0.1) is 5.41 Å². The number of nitrogens with zero attached hydrogens (tertiary/aromatic N) is 1. The van der Waals surface area contributed by atoms with E-state index in [1.807, 2.05) is 0 Å². The maximum absolute atomic E-state index is 5.78. The first-order valence-electron chi connectivity index (χ1n) is 4.60. The number of hydrogen-bond donors (Lipinski definition) is 1. The molecule has 0 aromatic rings. The molecule has 0 aromatic heterocycles. The average Bonchev–Trinajstić information content (AvgIpc) is 1.95. The summed E-state index contributed by atoms with van der Waals surface area (Å²) >= 11 is 0. The van der Waals surface area contributed by atoms with Crippen molar-refractivity contribution in [3.63, 3.8) is 0 Å². The van der Waals surface area contributed by atoms with Gasteiger partial charge in [0, 0.05) is 18.0 Å². The van der Waals surface area contributed by atoms with Crippen LogP contribution in [0.5, 0.6) is 0 Å². The van der Waals surface area contributed by atoms with E-state index in [-0.39, 0.29) is 5.41 Å². The molecular formula is C9H20N2O. The van der Waals surface area contributed by atoms with Crippen LogP contribution in [0.15, 0.2) is 0 Å². The van der Waals surface area contributed by atoms with Crippen LogP contribution in [-0.4, -0.2) is 44.8 Å². The minimum Gasteiger partial charge on any atom is -0.380 e. The lowest BCUT2D eigenvalue weighted by Crippen LogP contribution is -2.60. The van der Waals surface area contributed by atoms with Gasteiger partial charge in [-0.3, -0.25) is 0 Å². The zero-order valence-corrected chi connectivity index (χ0v) is 8.34. The van der Waals surface area contributed by atoms with Crippen LogP contribution in [0.1, 0.15) is 13.3 Å². The summed E-state index contributed by atoms with van der Waals surface area (Å²) in [5, 5.41) is 0. The highest BCUT2D eigenvalue weighted by molar-refractivity contribution is 4.96. The predicted molar refractivity (Wildman–Crippen MR) is 50.1 cm³/mol. The van der Waals surface area contributed by atoms with Crippen molar-refractivity contribution in [2.45, 2.75) is 19.4 Å². The minimum absolute atomic E-state index is 0.234. The molecule has 1 atom stereocenters. The van der Waals surface area contributed by atoms with Gasteiger partial charge in [0.15, 0.2) is 0 Å². The Bertz CT molecular complexity index is 138. The van der Waals surface area contributed by atoms with E-state index < -0.39 is 0 Å². The van der Waals surface area contributed by atoms with Crippen LogP contribution in [0.4, 0.5) is 0 Å². The fourth-order valence-corrected chi connectivity index (χ4v) is 2.16. The van der Waals surface area contributed by atoms with Gasteiger partial charge in [0.05, 0.1) is 13.2 Å². The third-order valence-corrected chi connectivity index (χ3v) is 2.90. The highest BCUT2D eigenvalue weighted by Gasteiger charge is 2.44. The standard InChI is InChI=1S/C9H20N2O/c1-4-8(11(2)3)9(5-10)6-12-7-9/h8H,4-7,10H2,1-3H3. The van der Waals surface area contributed by atoms with Crippen molar-refractivity contribution in [3.8, 4) is 0 Å². The second-order valence-electron chi connectivity index (χ2n) is 3.95. The first-order valence-corrected chi connectivity index (χ1v) is 4.60. The zero-order valence-electron chi connectivity index (χ0n) is 8.34. The number of hydrogen-bond acceptors (Lipinski definition) is 3. The summed E-state index contributed by atoms with van der Waals surface area (Å²) in [6.45, 7) is 4.62. The lowest BCUT2D eigenvalue weighted by atomic mass is 9.76. The SMILES string of the molecule is CCC(N(C)C)C1(CN)COC1. The molecule has 0 amide bonds. The molecule has 1 rings (SSSR count). The molecule has 3 heteroatoms. The van der Waals surface area contributed by atoms with Gasteiger partial charge in [-0.15, -0.1) is 0 Å². The summed E-state index contributed by atoms with van der Waals surface area (Å²) in [4.78, 5) is 2.26. The topological polar surface area (TPSA) is 38.5 Å². The molecule has 1 aliphatic heterocycles. The molecule has 1 saturated heterocycles. The van der Waals surface area contributed by atoms with Gasteiger partial charge in [-0.2, -0.15) is 0 Å². The highest BCUT2D eigenvalue weighted by atomic mass is 16.5. The third kappa shape index (κ3) is 1.49. The van der Waals surface area contributed by atoms with Crippen molar-refractivity contribution in [2.75, 3.05) is 33.9 Å². The summed E-state index contributed by atoms with van der Waals surface area (Å²) < 4.78 is 5.26. The van der Waals surface area contributed by atoms with Crippen molar-refractivity contribution < 1.29 is 4.74 Å². The lowest BCUT2D eigenvalue weighted by Gasteiger charge is -2.48. The van der Waals surface area contributed by atoms with E-state index in [4.69, 9.17) is 10.5 Å². The molecule has 3 nitrogen and oxygen atoms in total. The molecule has 2 N–H and O–H groups in total. The molecule has 1 heterocycles. The van der Waals surface area contributed by atoms with Crippen molar-refractivity contribution in [3.05, 3.63) is 0 Å². The molecule has 1 aliphatic rings. The summed E-state index contributed by atoms with van der Waals surface area (Å²) in [7, 11) is 4.23. The van der Waals surface area contributed by atoms with E-state index in [1.54, 1.807) is 0 Å². The Balaban J connectivity index is 2.61. The maximum Gasteiger partial charge on any atom is 0.0572 e. The van der Waals surface area contributed by atoms with Crippen LogP contribution >= 0.6 is 0 Å². The van der Waals surface area contributed by atoms with Gasteiger partial charge in [0.1, 0.15) is 0 Å². The molecule has 0 radical (unpaired) electrons. The molecule has 72 valence electrons. The van der Waals surface area contributed by atoms with Crippen molar-refractivity contribution in [1.29, 1.82) is 0 Å². The van der Waals surface area contributed by atoms with Gasteiger partial charge < -0.3 is 15.4 Å². The van der Waals surface area contributed by atoms with Crippen LogP contribution in [0.2, 0.25) is 0 Å². The molecule has 0 aromatic carbocycles. The second kappa shape index (κ2) is 3.73. The quantitative estimate of drug-likeness (QED) is 0.663.